The number of hydrogen-bond donors (Lipinski definition) is 2. The van der Waals surface area contributed by atoms with Crippen molar-refractivity contribution in [1.82, 2.24) is 10.2 Å². The van der Waals surface area contributed by atoms with Crippen LogP contribution < -0.4 is 5.32 Å². The van der Waals surface area contributed by atoms with Crippen molar-refractivity contribution < 1.29 is 4.79 Å². The zero-order valence-electron chi connectivity index (χ0n) is 8.04. The Kier molecular flexibility index (Phi) is 2.77. The van der Waals surface area contributed by atoms with Gasteiger partial charge in [-0.05, 0) is 25.5 Å². The molecule has 1 fully saturated rings. The second kappa shape index (κ2) is 4.04. The molecule has 0 aliphatic carbocycles. The summed E-state index contributed by atoms with van der Waals surface area (Å²) in [6.45, 7) is 1.92. The lowest BCUT2D eigenvalue weighted by molar-refractivity contribution is -0.115. The second-order valence-corrected chi connectivity index (χ2v) is 4.73. The summed E-state index contributed by atoms with van der Waals surface area (Å²) >= 11 is 1.73. The van der Waals surface area contributed by atoms with Crippen LogP contribution in [0, 0.1) is 6.92 Å². The summed E-state index contributed by atoms with van der Waals surface area (Å²) in [5.74, 6) is 1.92. The average molecular weight is 211 g/mol. The molecule has 5 heteroatoms. The third-order valence-electron chi connectivity index (χ3n) is 2.30. The maximum atomic E-state index is 11.7. The van der Waals surface area contributed by atoms with E-state index in [1.54, 1.807) is 18.0 Å². The highest BCUT2D eigenvalue weighted by Gasteiger charge is 2.23. The number of nitrogens with one attached hydrogen (secondary N) is 2. The molecule has 1 saturated heterocycles. The van der Waals surface area contributed by atoms with Gasteiger partial charge in [-0.2, -0.15) is 5.10 Å². The van der Waals surface area contributed by atoms with E-state index in [2.05, 4.69) is 15.5 Å². The molecule has 1 aliphatic heterocycles. The Labute approximate surface area is 86.8 Å². The predicted octanol–water partition coefficient (Wildman–Crippen LogP) is 1.55. The summed E-state index contributed by atoms with van der Waals surface area (Å²) in [5.41, 5.74) is 0.973. The molecule has 0 saturated carbocycles. The van der Waals surface area contributed by atoms with Gasteiger partial charge in [0.15, 0.2) is 0 Å². The molecular formula is C9H13N3OS. The van der Waals surface area contributed by atoms with Crippen molar-refractivity contribution in [3.05, 3.63) is 11.8 Å². The molecular weight excluding hydrogens is 198 g/mol. The monoisotopic (exact) mass is 211 g/mol. The number of thioether (sulfide) groups is 1. The number of hydrogen-bond acceptors (Lipinski definition) is 3. The van der Waals surface area contributed by atoms with Crippen LogP contribution in [0.3, 0.4) is 0 Å². The Balaban J connectivity index is 1.97. The molecule has 2 heterocycles. The summed E-state index contributed by atoms with van der Waals surface area (Å²) in [7, 11) is 0. The molecule has 76 valence electrons. The van der Waals surface area contributed by atoms with Crippen LogP contribution in [0.15, 0.2) is 6.20 Å². The average Bonchev–Trinajstić information content (AvgIpc) is 2.77. The number of nitrogens with zero attached hydrogens (tertiary/aromatic N) is 1. The fourth-order valence-corrected chi connectivity index (χ4v) is 2.62. The third kappa shape index (κ3) is 1.92. The van der Waals surface area contributed by atoms with Crippen LogP contribution >= 0.6 is 11.8 Å². The summed E-state index contributed by atoms with van der Waals surface area (Å²) in [6.07, 6.45) is 3.84. The van der Waals surface area contributed by atoms with Gasteiger partial charge in [0.2, 0.25) is 5.91 Å². The fourth-order valence-electron chi connectivity index (χ4n) is 1.46. The van der Waals surface area contributed by atoms with Crippen LogP contribution in [0.4, 0.5) is 5.82 Å². The van der Waals surface area contributed by atoms with Crippen molar-refractivity contribution in [2.24, 2.45) is 0 Å². The first-order valence-corrected chi connectivity index (χ1v) is 5.74. The van der Waals surface area contributed by atoms with Gasteiger partial charge in [0.1, 0.15) is 5.82 Å². The Morgan fingerprint density at radius 2 is 2.64 bits per heavy atom. The summed E-state index contributed by atoms with van der Waals surface area (Å²) in [4.78, 5) is 11.7. The predicted molar refractivity (Wildman–Crippen MR) is 57.4 cm³/mol. The molecule has 1 unspecified atom stereocenters. The lowest BCUT2D eigenvalue weighted by Gasteiger charge is -2.08. The molecule has 2 N–H and O–H groups in total. The highest BCUT2D eigenvalue weighted by Crippen LogP contribution is 2.27. The van der Waals surface area contributed by atoms with E-state index in [4.69, 9.17) is 0 Å². The molecule has 0 aromatic carbocycles. The molecule has 2 rings (SSSR count). The van der Waals surface area contributed by atoms with E-state index in [-0.39, 0.29) is 11.2 Å². The molecule has 1 aliphatic rings. The van der Waals surface area contributed by atoms with E-state index in [0.717, 1.165) is 30.0 Å². The fraction of sp³-hybridized carbons (Fsp3) is 0.556. The first-order valence-electron chi connectivity index (χ1n) is 4.70. The molecule has 1 aromatic rings. The normalized spacial score (nSPS) is 21.1. The van der Waals surface area contributed by atoms with Crippen molar-refractivity contribution in [1.29, 1.82) is 0 Å². The quantitative estimate of drug-likeness (QED) is 0.780. The summed E-state index contributed by atoms with van der Waals surface area (Å²) in [6, 6.07) is 0. The molecule has 4 nitrogen and oxygen atoms in total. The molecule has 14 heavy (non-hydrogen) atoms. The highest BCUT2D eigenvalue weighted by atomic mass is 32.2. The van der Waals surface area contributed by atoms with Crippen molar-refractivity contribution in [3.63, 3.8) is 0 Å². The van der Waals surface area contributed by atoms with Gasteiger partial charge in [-0.15, -0.1) is 11.8 Å². The maximum absolute atomic E-state index is 11.7. The topological polar surface area (TPSA) is 57.8 Å². The Hall–Kier alpha value is -0.970. The largest absolute Gasteiger partial charge is 0.310 e. The summed E-state index contributed by atoms with van der Waals surface area (Å²) in [5, 5.41) is 9.60. The van der Waals surface area contributed by atoms with Crippen molar-refractivity contribution in [2.75, 3.05) is 11.1 Å². The van der Waals surface area contributed by atoms with E-state index in [9.17, 15) is 4.79 Å². The highest BCUT2D eigenvalue weighted by molar-refractivity contribution is 8.00. The minimum Gasteiger partial charge on any atom is -0.310 e. The Bertz CT molecular complexity index is 331. The van der Waals surface area contributed by atoms with Gasteiger partial charge in [-0.25, -0.2) is 0 Å². The van der Waals surface area contributed by atoms with Crippen LogP contribution in [-0.4, -0.2) is 27.1 Å². The van der Waals surface area contributed by atoms with Crippen LogP contribution in [0.1, 0.15) is 18.4 Å². The standard InChI is InChI=1S/C9H13N3OS/c1-6-5-10-12-8(6)11-9(13)7-3-2-4-14-7/h5,7H,2-4H2,1H3,(H2,10,11,12,13). The zero-order chi connectivity index (χ0) is 9.97. The lowest BCUT2D eigenvalue weighted by Crippen LogP contribution is -2.23. The second-order valence-electron chi connectivity index (χ2n) is 3.42. The van der Waals surface area contributed by atoms with E-state index in [1.165, 1.54) is 0 Å². The first kappa shape index (κ1) is 9.58. The van der Waals surface area contributed by atoms with Crippen molar-refractivity contribution in [2.45, 2.75) is 25.0 Å². The minimum atomic E-state index is 0.0971. The Morgan fingerprint density at radius 3 is 3.21 bits per heavy atom. The van der Waals surface area contributed by atoms with Crippen molar-refractivity contribution in [3.8, 4) is 0 Å². The Morgan fingerprint density at radius 1 is 1.79 bits per heavy atom. The SMILES string of the molecule is Cc1cn[nH]c1NC(=O)C1CCCS1. The number of carbonyl (C=O) groups excluding carboxylic acids is 1. The van der Waals surface area contributed by atoms with Gasteiger partial charge < -0.3 is 5.32 Å². The van der Waals surface area contributed by atoms with Crippen LogP contribution in [0.2, 0.25) is 0 Å². The number of aryl methyl sites for hydroxylation is 1. The molecule has 1 atom stereocenters. The maximum Gasteiger partial charge on any atom is 0.238 e. The van der Waals surface area contributed by atoms with E-state index < -0.39 is 0 Å². The molecule has 1 amide bonds. The first-order chi connectivity index (χ1) is 6.77. The van der Waals surface area contributed by atoms with Gasteiger partial charge in [0.25, 0.3) is 0 Å². The number of H-pyrrole nitrogens is 1. The van der Waals surface area contributed by atoms with E-state index in [0.29, 0.717) is 0 Å². The summed E-state index contributed by atoms with van der Waals surface area (Å²) < 4.78 is 0. The van der Waals surface area contributed by atoms with E-state index >= 15 is 0 Å². The van der Waals surface area contributed by atoms with E-state index in [1.807, 2.05) is 6.92 Å². The van der Waals surface area contributed by atoms with Crippen LogP contribution in [-0.2, 0) is 4.79 Å². The van der Waals surface area contributed by atoms with Gasteiger partial charge >= 0.3 is 0 Å². The molecule has 0 radical (unpaired) electrons. The molecule has 1 aromatic heterocycles. The number of amides is 1. The van der Waals surface area contributed by atoms with Crippen LogP contribution in [0.5, 0.6) is 0 Å². The minimum absolute atomic E-state index is 0.0971. The molecule has 0 bridgehead atoms. The number of rotatable bonds is 2. The van der Waals surface area contributed by atoms with Gasteiger partial charge in [0, 0.05) is 5.56 Å². The van der Waals surface area contributed by atoms with Crippen LogP contribution in [0.25, 0.3) is 0 Å². The zero-order valence-corrected chi connectivity index (χ0v) is 8.86. The van der Waals surface area contributed by atoms with Crippen molar-refractivity contribution >= 4 is 23.5 Å². The van der Waals surface area contributed by atoms with Gasteiger partial charge in [-0.1, -0.05) is 0 Å². The number of aromatic amines is 1. The third-order valence-corrected chi connectivity index (χ3v) is 3.68. The molecule has 0 spiro atoms. The smallest absolute Gasteiger partial charge is 0.238 e. The van der Waals surface area contributed by atoms with Gasteiger partial charge in [0.05, 0.1) is 11.4 Å². The number of anilines is 1. The van der Waals surface area contributed by atoms with Gasteiger partial charge in [-0.3, -0.25) is 9.89 Å². The number of carbonyl (C=O) groups is 1. The number of aromatic nitrogens is 2. The lowest BCUT2D eigenvalue weighted by atomic mass is 10.2.